The van der Waals surface area contributed by atoms with Gasteiger partial charge in [0.15, 0.2) is 0 Å². The molecule has 0 aromatic heterocycles. The van der Waals surface area contributed by atoms with Crippen molar-refractivity contribution in [1.82, 2.24) is 20.4 Å². The Labute approximate surface area is 142 Å². The fourth-order valence-corrected chi connectivity index (χ4v) is 3.15. The number of rotatable bonds is 5. The minimum absolute atomic E-state index is 0.213. The Bertz CT molecular complexity index is 477. The van der Waals surface area contributed by atoms with Gasteiger partial charge in [0.25, 0.3) is 0 Å². The fourth-order valence-electron chi connectivity index (χ4n) is 3.15. The van der Waals surface area contributed by atoms with E-state index in [1.54, 1.807) is 20.8 Å². The lowest BCUT2D eigenvalue weighted by molar-refractivity contribution is -0.147. The minimum Gasteiger partial charge on any atom is -0.464 e. The van der Waals surface area contributed by atoms with Crippen LogP contribution in [0, 0.1) is 0 Å². The molecule has 0 saturated carbocycles. The van der Waals surface area contributed by atoms with Crippen LogP contribution in [0.5, 0.6) is 0 Å². The number of fused-ring (bicyclic) bond motifs is 4. The molecule has 3 heterocycles. The summed E-state index contributed by atoms with van der Waals surface area (Å²) >= 11 is 0. The van der Waals surface area contributed by atoms with E-state index < -0.39 is 24.0 Å². The molecule has 2 bridgehead atoms. The molecule has 8 heteroatoms. The van der Waals surface area contributed by atoms with E-state index in [-0.39, 0.29) is 18.7 Å². The van der Waals surface area contributed by atoms with Gasteiger partial charge in [0.2, 0.25) is 5.91 Å². The second kappa shape index (κ2) is 8.32. The molecule has 3 saturated heterocycles. The van der Waals surface area contributed by atoms with Crippen molar-refractivity contribution in [2.45, 2.75) is 51.7 Å². The highest BCUT2D eigenvalue weighted by Crippen LogP contribution is 2.20. The van der Waals surface area contributed by atoms with E-state index >= 15 is 0 Å². The molecule has 2 N–H and O–H groups in total. The second-order valence-electron chi connectivity index (χ2n) is 6.42. The van der Waals surface area contributed by atoms with Gasteiger partial charge in [-0.2, -0.15) is 0 Å². The average Bonchev–Trinajstić information content (AvgIpc) is 2.88. The maximum atomic E-state index is 12.5. The molecule has 3 aliphatic rings. The molecule has 24 heavy (non-hydrogen) atoms. The van der Waals surface area contributed by atoms with Crippen LogP contribution in [0.1, 0.15) is 33.6 Å². The number of carbonyl (C=O) groups is 3. The molecule has 0 aliphatic carbocycles. The maximum Gasteiger partial charge on any atom is 0.328 e. The Balaban J connectivity index is 1.84. The fraction of sp³-hybridized carbons (Fsp3) is 0.812. The smallest absolute Gasteiger partial charge is 0.328 e. The van der Waals surface area contributed by atoms with E-state index in [1.165, 1.54) is 0 Å². The molecule has 0 radical (unpaired) electrons. The SMILES string of the molecule is CCOC(=O)C(C)NC(=O)C(C)NC(=O)N1CCN2CCC1CC2. The predicted molar refractivity (Wildman–Crippen MR) is 88.4 cm³/mol. The van der Waals surface area contributed by atoms with Gasteiger partial charge < -0.3 is 25.2 Å². The average molecular weight is 340 g/mol. The summed E-state index contributed by atoms with van der Waals surface area (Å²) in [6, 6.07) is -1.42. The number of esters is 1. The Hall–Kier alpha value is -1.83. The second-order valence-corrected chi connectivity index (χ2v) is 6.42. The molecule has 3 amide bonds. The van der Waals surface area contributed by atoms with Crippen LogP contribution in [0.3, 0.4) is 0 Å². The lowest BCUT2D eigenvalue weighted by Crippen LogP contribution is -2.54. The molecule has 136 valence electrons. The van der Waals surface area contributed by atoms with Gasteiger partial charge in [-0.05, 0) is 33.6 Å². The van der Waals surface area contributed by atoms with Crippen molar-refractivity contribution >= 4 is 17.9 Å². The van der Waals surface area contributed by atoms with Gasteiger partial charge >= 0.3 is 12.0 Å². The van der Waals surface area contributed by atoms with E-state index in [4.69, 9.17) is 4.74 Å². The predicted octanol–water partition coefficient (Wildman–Crippen LogP) is -0.0677. The van der Waals surface area contributed by atoms with Gasteiger partial charge in [0, 0.05) is 32.2 Å². The molecule has 8 nitrogen and oxygen atoms in total. The van der Waals surface area contributed by atoms with Crippen molar-refractivity contribution in [3.05, 3.63) is 0 Å². The Morgan fingerprint density at radius 3 is 2.33 bits per heavy atom. The highest BCUT2D eigenvalue weighted by atomic mass is 16.5. The Morgan fingerprint density at radius 1 is 1.04 bits per heavy atom. The molecular formula is C16H28N4O4. The summed E-state index contributed by atoms with van der Waals surface area (Å²) in [4.78, 5) is 40.4. The van der Waals surface area contributed by atoms with Crippen molar-refractivity contribution in [1.29, 1.82) is 0 Å². The number of nitrogens with one attached hydrogen (secondary N) is 2. The summed E-state index contributed by atoms with van der Waals surface area (Å²) in [5.74, 6) is -0.880. The summed E-state index contributed by atoms with van der Waals surface area (Å²) in [6.07, 6.45) is 1.96. The van der Waals surface area contributed by atoms with Crippen LogP contribution in [0.2, 0.25) is 0 Å². The van der Waals surface area contributed by atoms with Gasteiger partial charge in [-0.1, -0.05) is 0 Å². The third-order valence-corrected chi connectivity index (χ3v) is 4.65. The van der Waals surface area contributed by atoms with Crippen molar-refractivity contribution in [2.75, 3.05) is 32.8 Å². The summed E-state index contributed by atoms with van der Waals surface area (Å²) in [6.45, 7) is 8.77. The highest BCUT2D eigenvalue weighted by molar-refractivity contribution is 5.90. The zero-order valence-electron chi connectivity index (χ0n) is 14.7. The lowest BCUT2D eigenvalue weighted by Gasteiger charge is -2.32. The number of hydrogen-bond donors (Lipinski definition) is 2. The number of piperidine rings is 1. The maximum absolute atomic E-state index is 12.5. The van der Waals surface area contributed by atoms with Crippen molar-refractivity contribution in [2.24, 2.45) is 0 Å². The molecule has 3 aliphatic heterocycles. The number of carbonyl (C=O) groups excluding carboxylic acids is 3. The van der Waals surface area contributed by atoms with Gasteiger partial charge in [-0.25, -0.2) is 9.59 Å². The molecular weight excluding hydrogens is 312 g/mol. The van der Waals surface area contributed by atoms with Crippen LogP contribution in [0.25, 0.3) is 0 Å². The van der Waals surface area contributed by atoms with E-state index in [9.17, 15) is 14.4 Å². The molecule has 2 atom stereocenters. The Morgan fingerprint density at radius 2 is 1.71 bits per heavy atom. The van der Waals surface area contributed by atoms with Crippen molar-refractivity contribution < 1.29 is 19.1 Å². The van der Waals surface area contributed by atoms with Crippen LogP contribution >= 0.6 is 0 Å². The summed E-state index contributed by atoms with van der Waals surface area (Å²) in [5, 5.41) is 5.30. The van der Waals surface area contributed by atoms with Crippen LogP contribution in [-0.2, 0) is 14.3 Å². The largest absolute Gasteiger partial charge is 0.464 e. The summed E-state index contributed by atoms with van der Waals surface area (Å²) in [7, 11) is 0. The first kappa shape index (κ1) is 18.5. The van der Waals surface area contributed by atoms with Gasteiger partial charge in [0.05, 0.1) is 6.61 Å². The van der Waals surface area contributed by atoms with Crippen LogP contribution in [-0.4, -0.2) is 78.6 Å². The molecule has 3 rings (SSSR count). The van der Waals surface area contributed by atoms with E-state index in [2.05, 4.69) is 15.5 Å². The first-order valence-corrected chi connectivity index (χ1v) is 8.68. The topological polar surface area (TPSA) is 91.0 Å². The number of nitrogens with zero attached hydrogens (tertiary/aromatic N) is 2. The van der Waals surface area contributed by atoms with Gasteiger partial charge in [0.1, 0.15) is 12.1 Å². The van der Waals surface area contributed by atoms with E-state index in [1.807, 2.05) is 4.90 Å². The third-order valence-electron chi connectivity index (χ3n) is 4.65. The zero-order chi connectivity index (χ0) is 17.7. The van der Waals surface area contributed by atoms with Crippen LogP contribution in [0.15, 0.2) is 0 Å². The highest BCUT2D eigenvalue weighted by Gasteiger charge is 2.33. The zero-order valence-corrected chi connectivity index (χ0v) is 14.7. The Kier molecular flexibility index (Phi) is 6.42. The monoisotopic (exact) mass is 340 g/mol. The normalized spacial score (nSPS) is 25.4. The molecule has 2 unspecified atom stereocenters. The standard InChI is InChI=1S/C16H28N4O4/c1-4-24-15(22)12(3)17-14(21)11(2)18-16(23)20-10-9-19-7-5-13(20)6-8-19/h11-13H,4-10H2,1-3H3,(H,17,21)(H,18,23). The number of ether oxygens (including phenoxy) is 1. The first-order chi connectivity index (χ1) is 11.4. The molecule has 0 spiro atoms. The van der Waals surface area contributed by atoms with Crippen molar-refractivity contribution in [3.8, 4) is 0 Å². The number of hydrogen-bond acceptors (Lipinski definition) is 5. The summed E-state index contributed by atoms with van der Waals surface area (Å²) in [5.41, 5.74) is 0. The molecule has 0 aromatic carbocycles. The van der Waals surface area contributed by atoms with Gasteiger partial charge in [-0.3, -0.25) is 4.79 Å². The lowest BCUT2D eigenvalue weighted by atomic mass is 10.1. The molecule has 0 aromatic rings. The van der Waals surface area contributed by atoms with Gasteiger partial charge in [-0.15, -0.1) is 0 Å². The first-order valence-electron chi connectivity index (χ1n) is 8.68. The summed E-state index contributed by atoms with van der Waals surface area (Å²) < 4.78 is 4.85. The van der Waals surface area contributed by atoms with Crippen LogP contribution < -0.4 is 10.6 Å². The number of urea groups is 1. The number of amides is 3. The van der Waals surface area contributed by atoms with E-state index in [0.29, 0.717) is 6.54 Å². The quantitative estimate of drug-likeness (QED) is 0.684. The van der Waals surface area contributed by atoms with Crippen molar-refractivity contribution in [3.63, 3.8) is 0 Å². The molecule has 3 fully saturated rings. The minimum atomic E-state index is -0.738. The van der Waals surface area contributed by atoms with E-state index in [0.717, 1.165) is 32.5 Å². The third kappa shape index (κ3) is 4.59. The van der Waals surface area contributed by atoms with Crippen LogP contribution in [0.4, 0.5) is 4.79 Å².